The fourth-order valence-electron chi connectivity index (χ4n) is 1.92. The van der Waals surface area contributed by atoms with Crippen molar-refractivity contribution >= 4 is 0 Å². The van der Waals surface area contributed by atoms with E-state index in [1.165, 1.54) is 19.3 Å². The Hall–Kier alpha value is -0.340. The van der Waals surface area contributed by atoms with Crippen molar-refractivity contribution in [2.45, 2.75) is 32.2 Å². The number of nitrogens with one attached hydrogen (secondary N) is 1. The molecule has 2 heteroatoms. The predicted molar refractivity (Wildman–Crippen MR) is 53.7 cm³/mol. The van der Waals surface area contributed by atoms with E-state index in [9.17, 15) is 0 Å². The van der Waals surface area contributed by atoms with E-state index in [1.807, 2.05) is 0 Å². The molecule has 2 nitrogen and oxygen atoms in total. The summed E-state index contributed by atoms with van der Waals surface area (Å²) in [6.45, 7) is 5.28. The summed E-state index contributed by atoms with van der Waals surface area (Å²) in [7, 11) is 0. The first-order chi connectivity index (χ1) is 6.29. The first-order valence-electron chi connectivity index (χ1n) is 5.25. The van der Waals surface area contributed by atoms with Gasteiger partial charge in [0, 0.05) is 18.0 Å². The second kappa shape index (κ2) is 3.81. The van der Waals surface area contributed by atoms with Gasteiger partial charge in [0.2, 0.25) is 0 Å². The van der Waals surface area contributed by atoms with Crippen molar-refractivity contribution in [1.29, 1.82) is 0 Å². The van der Waals surface area contributed by atoms with Crippen LogP contribution >= 0.6 is 0 Å². The molecule has 0 saturated carbocycles. The van der Waals surface area contributed by atoms with Crippen molar-refractivity contribution in [3.63, 3.8) is 0 Å². The Kier molecular flexibility index (Phi) is 2.70. The van der Waals surface area contributed by atoms with E-state index in [0.717, 1.165) is 19.8 Å². The lowest BCUT2D eigenvalue weighted by Crippen LogP contribution is -2.49. The van der Waals surface area contributed by atoms with E-state index in [0.29, 0.717) is 11.5 Å². The van der Waals surface area contributed by atoms with Crippen molar-refractivity contribution in [2.75, 3.05) is 19.8 Å². The zero-order valence-electron chi connectivity index (χ0n) is 8.38. The van der Waals surface area contributed by atoms with E-state index in [2.05, 4.69) is 24.4 Å². The average Bonchev–Trinajstić information content (AvgIpc) is 2.13. The Balaban J connectivity index is 1.69. The van der Waals surface area contributed by atoms with Crippen LogP contribution in [0.1, 0.15) is 26.2 Å². The maximum absolute atomic E-state index is 5.22. The molecule has 2 rings (SSSR count). The molecular weight excluding hydrogens is 162 g/mol. The predicted octanol–water partition coefficient (Wildman–Crippen LogP) is 1.72. The molecule has 1 unspecified atom stereocenters. The molecule has 0 aromatic carbocycles. The molecule has 1 N–H and O–H groups in total. The maximum Gasteiger partial charge on any atom is 0.0554 e. The van der Waals surface area contributed by atoms with E-state index < -0.39 is 0 Å². The van der Waals surface area contributed by atoms with Gasteiger partial charge in [0.1, 0.15) is 0 Å². The minimum absolute atomic E-state index is 0.418. The lowest BCUT2D eigenvalue weighted by atomic mass is 9.88. The molecule has 2 aliphatic rings. The van der Waals surface area contributed by atoms with Crippen molar-refractivity contribution in [1.82, 2.24) is 5.32 Å². The third kappa shape index (κ3) is 2.32. The van der Waals surface area contributed by atoms with Gasteiger partial charge in [-0.05, 0) is 19.3 Å². The molecule has 0 aromatic heterocycles. The summed E-state index contributed by atoms with van der Waals surface area (Å²) in [5.41, 5.74) is 0.418. The summed E-state index contributed by atoms with van der Waals surface area (Å²) in [4.78, 5) is 0. The Morgan fingerprint density at radius 2 is 2.31 bits per heavy atom. The van der Waals surface area contributed by atoms with Gasteiger partial charge in [-0.15, -0.1) is 0 Å². The highest BCUT2D eigenvalue weighted by atomic mass is 16.5. The third-order valence-corrected chi connectivity index (χ3v) is 2.99. The number of allylic oxidation sites excluding steroid dienone is 1. The van der Waals surface area contributed by atoms with Crippen LogP contribution in [0.25, 0.3) is 0 Å². The molecular formula is C11H19NO. The Morgan fingerprint density at radius 1 is 1.46 bits per heavy atom. The van der Waals surface area contributed by atoms with Gasteiger partial charge < -0.3 is 10.1 Å². The van der Waals surface area contributed by atoms with Gasteiger partial charge in [-0.25, -0.2) is 0 Å². The number of rotatable bonds is 3. The summed E-state index contributed by atoms with van der Waals surface area (Å²) in [5, 5.41) is 3.63. The lowest BCUT2D eigenvalue weighted by Gasteiger charge is -2.39. The number of ether oxygens (including phenoxy) is 1. The van der Waals surface area contributed by atoms with Crippen LogP contribution in [0.3, 0.4) is 0 Å². The van der Waals surface area contributed by atoms with Crippen LogP contribution in [0.4, 0.5) is 0 Å². The molecule has 0 spiro atoms. The summed E-state index contributed by atoms with van der Waals surface area (Å²) >= 11 is 0. The topological polar surface area (TPSA) is 21.3 Å². The monoisotopic (exact) mass is 181 g/mol. The molecule has 0 amide bonds. The molecule has 1 aliphatic carbocycles. The average molecular weight is 181 g/mol. The fraction of sp³-hybridized carbons (Fsp3) is 0.818. The molecule has 13 heavy (non-hydrogen) atoms. The van der Waals surface area contributed by atoms with Gasteiger partial charge in [-0.2, -0.15) is 0 Å². The van der Waals surface area contributed by atoms with Gasteiger partial charge in [0.05, 0.1) is 13.2 Å². The summed E-state index contributed by atoms with van der Waals surface area (Å²) in [6, 6.07) is 0.711. The molecule has 74 valence electrons. The second-order valence-corrected chi connectivity index (χ2v) is 4.67. The first kappa shape index (κ1) is 9.22. The minimum Gasteiger partial charge on any atom is -0.380 e. The maximum atomic E-state index is 5.22. The highest BCUT2D eigenvalue weighted by Crippen LogP contribution is 2.25. The second-order valence-electron chi connectivity index (χ2n) is 4.67. The highest BCUT2D eigenvalue weighted by Gasteiger charge is 2.33. The quantitative estimate of drug-likeness (QED) is 0.669. The molecule has 0 aromatic rings. The number of hydrogen-bond acceptors (Lipinski definition) is 2. The van der Waals surface area contributed by atoms with Crippen LogP contribution in [0, 0.1) is 5.41 Å². The van der Waals surface area contributed by atoms with Crippen molar-refractivity contribution in [3.05, 3.63) is 12.2 Å². The Morgan fingerprint density at radius 3 is 2.85 bits per heavy atom. The van der Waals surface area contributed by atoms with Crippen molar-refractivity contribution < 1.29 is 4.74 Å². The van der Waals surface area contributed by atoms with Gasteiger partial charge in [-0.1, -0.05) is 19.1 Å². The van der Waals surface area contributed by atoms with Gasteiger partial charge in [0.25, 0.3) is 0 Å². The normalized spacial score (nSPS) is 31.3. The van der Waals surface area contributed by atoms with Crippen LogP contribution in [-0.2, 0) is 4.74 Å². The lowest BCUT2D eigenvalue weighted by molar-refractivity contribution is -0.100. The molecule has 1 fully saturated rings. The SMILES string of the molecule is CC1(CNC2CC=CCC2)COC1. The van der Waals surface area contributed by atoms with Crippen LogP contribution in [-0.4, -0.2) is 25.8 Å². The zero-order valence-corrected chi connectivity index (χ0v) is 8.38. The van der Waals surface area contributed by atoms with Crippen LogP contribution in [0.5, 0.6) is 0 Å². The summed E-state index contributed by atoms with van der Waals surface area (Å²) in [6.07, 6.45) is 8.32. The molecule has 0 bridgehead atoms. The fourth-order valence-corrected chi connectivity index (χ4v) is 1.92. The van der Waals surface area contributed by atoms with Crippen LogP contribution in [0.15, 0.2) is 12.2 Å². The van der Waals surface area contributed by atoms with Gasteiger partial charge >= 0.3 is 0 Å². The van der Waals surface area contributed by atoms with Crippen LogP contribution in [0.2, 0.25) is 0 Å². The van der Waals surface area contributed by atoms with Crippen LogP contribution < -0.4 is 5.32 Å². The first-order valence-corrected chi connectivity index (χ1v) is 5.25. The van der Waals surface area contributed by atoms with E-state index in [4.69, 9.17) is 4.74 Å². The summed E-state index contributed by atoms with van der Waals surface area (Å²) in [5.74, 6) is 0. The molecule has 1 aliphatic heterocycles. The largest absolute Gasteiger partial charge is 0.380 e. The zero-order chi connectivity index (χ0) is 9.15. The molecule has 1 heterocycles. The van der Waals surface area contributed by atoms with Gasteiger partial charge in [-0.3, -0.25) is 0 Å². The standard InChI is InChI=1S/C11H19NO/c1-11(8-13-9-11)7-12-10-5-3-2-4-6-10/h2-3,10,12H,4-9H2,1H3. The van der Waals surface area contributed by atoms with Crippen molar-refractivity contribution in [2.24, 2.45) is 5.41 Å². The smallest absolute Gasteiger partial charge is 0.0554 e. The molecule has 0 radical (unpaired) electrons. The highest BCUT2D eigenvalue weighted by molar-refractivity contribution is 4.94. The molecule has 1 saturated heterocycles. The number of hydrogen-bond donors (Lipinski definition) is 1. The van der Waals surface area contributed by atoms with E-state index in [1.54, 1.807) is 0 Å². The van der Waals surface area contributed by atoms with E-state index >= 15 is 0 Å². The summed E-state index contributed by atoms with van der Waals surface area (Å²) < 4.78 is 5.22. The molecule has 1 atom stereocenters. The van der Waals surface area contributed by atoms with Crippen molar-refractivity contribution in [3.8, 4) is 0 Å². The Bertz CT molecular complexity index is 196. The van der Waals surface area contributed by atoms with E-state index in [-0.39, 0.29) is 0 Å². The third-order valence-electron chi connectivity index (χ3n) is 2.99. The van der Waals surface area contributed by atoms with Gasteiger partial charge in [0.15, 0.2) is 0 Å². The Labute approximate surface area is 80.4 Å². The minimum atomic E-state index is 0.418.